The first kappa shape index (κ1) is 21.2. The normalized spacial score (nSPS) is 11.5. The van der Waals surface area contributed by atoms with Crippen LogP contribution in [0.4, 0.5) is 5.13 Å². The molecule has 0 fully saturated rings. The third kappa shape index (κ3) is 3.65. The Morgan fingerprint density at radius 1 is 1.16 bits per heavy atom. The molecule has 4 aromatic heterocycles. The van der Waals surface area contributed by atoms with Crippen LogP contribution in [0.15, 0.2) is 22.0 Å². The zero-order chi connectivity index (χ0) is 22.3. The highest BCUT2D eigenvalue weighted by Gasteiger charge is 2.18. The van der Waals surface area contributed by atoms with E-state index in [0.717, 1.165) is 32.3 Å². The lowest BCUT2D eigenvalue weighted by Crippen LogP contribution is -2.37. The van der Waals surface area contributed by atoms with Crippen molar-refractivity contribution in [3.63, 3.8) is 0 Å². The van der Waals surface area contributed by atoms with Gasteiger partial charge in [-0.2, -0.15) is 0 Å². The van der Waals surface area contributed by atoms with Gasteiger partial charge in [-0.3, -0.25) is 13.9 Å². The molecule has 0 amide bonds. The van der Waals surface area contributed by atoms with Gasteiger partial charge < -0.3 is 14.2 Å². The molecule has 0 aliphatic rings. The maximum Gasteiger partial charge on any atom is 0.348 e. The van der Waals surface area contributed by atoms with Gasteiger partial charge in [0.1, 0.15) is 16.3 Å². The predicted molar refractivity (Wildman–Crippen MR) is 122 cm³/mol. The second kappa shape index (κ2) is 8.27. The number of thiazole rings is 1. The predicted octanol–water partition coefficient (Wildman–Crippen LogP) is 1.81. The Bertz CT molecular complexity index is 1360. The molecule has 31 heavy (non-hydrogen) atoms. The fraction of sp³-hybridized carbons (Fsp3) is 0.421. The van der Waals surface area contributed by atoms with E-state index in [-0.39, 0.29) is 13.2 Å². The monoisotopic (exact) mass is 462 g/mol. The minimum atomic E-state index is -0.440. The summed E-state index contributed by atoms with van der Waals surface area (Å²) in [4.78, 5) is 49.2. The molecule has 0 saturated heterocycles. The van der Waals surface area contributed by atoms with Crippen LogP contribution in [0.2, 0.25) is 0 Å². The standard InChI is InChI=1S/C19H22N6O4S2/c1-5-24(6-2)18-21-15-11(31-18)9-12(30-15)17(27)29-8-7-25-10-20-14-13(25)16(26)23(4)19(28)22(14)3/h9-10H,5-8H2,1-4H3. The number of hydrogen-bond donors (Lipinski definition) is 0. The number of imidazole rings is 1. The number of fused-ring (bicyclic) bond motifs is 2. The zero-order valence-electron chi connectivity index (χ0n) is 17.6. The maximum absolute atomic E-state index is 12.5. The highest BCUT2D eigenvalue weighted by atomic mass is 32.1. The molecule has 0 atom stereocenters. The molecule has 0 aliphatic carbocycles. The van der Waals surface area contributed by atoms with Crippen molar-refractivity contribution < 1.29 is 9.53 Å². The second-order valence-electron chi connectivity index (χ2n) is 6.90. The van der Waals surface area contributed by atoms with Crippen molar-refractivity contribution in [2.24, 2.45) is 14.1 Å². The van der Waals surface area contributed by atoms with E-state index >= 15 is 0 Å². The van der Waals surface area contributed by atoms with Gasteiger partial charge in [0, 0.05) is 27.2 Å². The molecule has 0 aromatic carbocycles. The van der Waals surface area contributed by atoms with Gasteiger partial charge in [-0.15, -0.1) is 11.3 Å². The van der Waals surface area contributed by atoms with Crippen LogP contribution < -0.4 is 16.1 Å². The first-order valence-electron chi connectivity index (χ1n) is 9.79. The highest BCUT2D eigenvalue weighted by Crippen LogP contribution is 2.34. The summed E-state index contributed by atoms with van der Waals surface area (Å²) in [7, 11) is 2.98. The van der Waals surface area contributed by atoms with Gasteiger partial charge in [-0.05, 0) is 19.9 Å². The first-order chi connectivity index (χ1) is 14.8. The van der Waals surface area contributed by atoms with Crippen molar-refractivity contribution in [1.82, 2.24) is 23.7 Å². The van der Waals surface area contributed by atoms with Crippen molar-refractivity contribution in [3.05, 3.63) is 38.1 Å². The van der Waals surface area contributed by atoms with E-state index in [1.165, 1.54) is 29.3 Å². The molecule has 0 saturated carbocycles. The minimum absolute atomic E-state index is 0.0694. The van der Waals surface area contributed by atoms with Crippen LogP contribution in [0.5, 0.6) is 0 Å². The molecular formula is C19H22N6O4S2. The molecule has 0 unspecified atom stereocenters. The van der Waals surface area contributed by atoms with Crippen molar-refractivity contribution in [2.45, 2.75) is 20.4 Å². The Hall–Kier alpha value is -2.99. The Kier molecular flexibility index (Phi) is 5.67. The van der Waals surface area contributed by atoms with Gasteiger partial charge in [0.15, 0.2) is 16.3 Å². The molecule has 10 nitrogen and oxygen atoms in total. The van der Waals surface area contributed by atoms with Crippen LogP contribution >= 0.6 is 22.7 Å². The summed E-state index contributed by atoms with van der Waals surface area (Å²) in [6.07, 6.45) is 1.47. The summed E-state index contributed by atoms with van der Waals surface area (Å²) >= 11 is 2.87. The Balaban J connectivity index is 1.47. The third-order valence-corrected chi connectivity index (χ3v) is 7.30. The second-order valence-corrected chi connectivity index (χ2v) is 8.94. The number of hydrogen-bond acceptors (Lipinski definition) is 9. The van der Waals surface area contributed by atoms with Crippen molar-refractivity contribution in [3.8, 4) is 0 Å². The van der Waals surface area contributed by atoms with E-state index < -0.39 is 17.2 Å². The summed E-state index contributed by atoms with van der Waals surface area (Å²) in [5, 5.41) is 0.953. The summed E-state index contributed by atoms with van der Waals surface area (Å²) in [6.45, 7) is 6.25. The third-order valence-electron chi connectivity index (χ3n) is 5.10. The van der Waals surface area contributed by atoms with E-state index in [1.54, 1.807) is 23.0 Å². The number of thiophene rings is 1. The minimum Gasteiger partial charge on any atom is -0.460 e. The molecule has 4 aromatic rings. The molecule has 12 heteroatoms. The quantitative estimate of drug-likeness (QED) is 0.386. The number of nitrogens with zero attached hydrogens (tertiary/aromatic N) is 6. The van der Waals surface area contributed by atoms with E-state index in [4.69, 9.17) is 4.74 Å². The fourth-order valence-electron chi connectivity index (χ4n) is 3.33. The van der Waals surface area contributed by atoms with E-state index in [0.29, 0.717) is 16.0 Å². The van der Waals surface area contributed by atoms with Gasteiger partial charge in [0.2, 0.25) is 0 Å². The average molecular weight is 463 g/mol. The molecule has 0 bridgehead atoms. The van der Waals surface area contributed by atoms with Gasteiger partial charge in [0.05, 0.1) is 17.6 Å². The molecule has 164 valence electrons. The van der Waals surface area contributed by atoms with Gasteiger partial charge in [0.25, 0.3) is 5.56 Å². The molecule has 0 N–H and O–H groups in total. The topological polar surface area (TPSA) is 104 Å². The Morgan fingerprint density at radius 3 is 2.58 bits per heavy atom. The number of anilines is 1. The summed E-state index contributed by atoms with van der Waals surface area (Å²) in [5.74, 6) is -0.427. The van der Waals surface area contributed by atoms with E-state index in [2.05, 4.69) is 28.7 Å². The SMILES string of the molecule is CCN(CC)c1nc2sc(C(=O)OCCn3cnc4c3c(=O)n(C)c(=O)n4C)cc2s1. The Morgan fingerprint density at radius 2 is 1.90 bits per heavy atom. The molecule has 0 spiro atoms. The van der Waals surface area contributed by atoms with Gasteiger partial charge >= 0.3 is 11.7 Å². The number of carbonyl (C=O) groups excluding carboxylic acids is 1. The average Bonchev–Trinajstić information content (AvgIpc) is 3.45. The van der Waals surface area contributed by atoms with Gasteiger partial charge in [-0.1, -0.05) is 11.3 Å². The van der Waals surface area contributed by atoms with Crippen LogP contribution in [0.25, 0.3) is 20.7 Å². The molecule has 4 heterocycles. The summed E-state index contributed by atoms with van der Waals surface area (Å²) < 4.78 is 10.3. The molecule has 4 rings (SSSR count). The van der Waals surface area contributed by atoms with Gasteiger partial charge in [-0.25, -0.2) is 19.6 Å². The number of esters is 1. The molecular weight excluding hydrogens is 440 g/mol. The van der Waals surface area contributed by atoms with Crippen LogP contribution in [0.1, 0.15) is 23.5 Å². The summed E-state index contributed by atoms with van der Waals surface area (Å²) in [6, 6.07) is 1.81. The van der Waals surface area contributed by atoms with Crippen LogP contribution in [-0.4, -0.2) is 49.3 Å². The first-order valence-corrected chi connectivity index (χ1v) is 11.4. The van der Waals surface area contributed by atoms with Crippen LogP contribution in [-0.2, 0) is 25.4 Å². The summed E-state index contributed by atoms with van der Waals surface area (Å²) in [5.41, 5.74) is -0.279. The fourth-order valence-corrected chi connectivity index (χ4v) is 5.56. The lowest BCUT2D eigenvalue weighted by molar-refractivity contribution is 0.0498. The lowest BCUT2D eigenvalue weighted by atomic mass is 10.4. The zero-order valence-corrected chi connectivity index (χ0v) is 19.2. The molecule has 0 aliphatic heterocycles. The maximum atomic E-state index is 12.5. The van der Waals surface area contributed by atoms with E-state index in [1.807, 2.05) is 6.07 Å². The number of carbonyl (C=O) groups is 1. The van der Waals surface area contributed by atoms with Crippen molar-refractivity contribution in [1.29, 1.82) is 0 Å². The largest absolute Gasteiger partial charge is 0.460 e. The molecule has 0 radical (unpaired) electrons. The van der Waals surface area contributed by atoms with Crippen LogP contribution in [0, 0.1) is 0 Å². The number of aromatic nitrogens is 5. The van der Waals surface area contributed by atoms with Crippen molar-refractivity contribution >= 4 is 54.5 Å². The lowest BCUT2D eigenvalue weighted by Gasteiger charge is -2.16. The van der Waals surface area contributed by atoms with E-state index in [9.17, 15) is 14.4 Å². The number of ether oxygens (including phenoxy) is 1. The number of aryl methyl sites for hydroxylation is 1. The van der Waals surface area contributed by atoms with Crippen LogP contribution in [0.3, 0.4) is 0 Å². The smallest absolute Gasteiger partial charge is 0.348 e. The number of rotatable bonds is 7. The highest BCUT2D eigenvalue weighted by molar-refractivity contribution is 7.29. The van der Waals surface area contributed by atoms with Crippen molar-refractivity contribution in [2.75, 3.05) is 24.6 Å². The Labute approximate surface area is 184 Å².